The first-order valence-electron chi connectivity index (χ1n) is 7.26. The van der Waals surface area contributed by atoms with Crippen molar-refractivity contribution in [1.82, 2.24) is 10.2 Å². The number of rotatable bonds is 3. The number of piperidine rings is 1. The van der Waals surface area contributed by atoms with Crippen LogP contribution >= 0.6 is 34.8 Å². The van der Waals surface area contributed by atoms with Crippen LogP contribution in [0.5, 0.6) is 0 Å². The van der Waals surface area contributed by atoms with Gasteiger partial charge in [-0.05, 0) is 37.9 Å². The van der Waals surface area contributed by atoms with Crippen molar-refractivity contribution in [2.24, 2.45) is 0 Å². The van der Waals surface area contributed by atoms with E-state index in [2.05, 4.69) is 10.2 Å². The molecule has 2 heterocycles. The molecule has 0 saturated carbocycles. The van der Waals surface area contributed by atoms with Gasteiger partial charge in [0, 0.05) is 35.8 Å². The molecule has 0 aliphatic carbocycles. The smallest absolute Gasteiger partial charge is 0.0652 e. The predicted octanol–water partition coefficient (Wildman–Crippen LogP) is 4.36. The fourth-order valence-corrected chi connectivity index (χ4v) is 4.13. The monoisotopic (exact) mass is 332 g/mol. The van der Waals surface area contributed by atoms with Gasteiger partial charge in [0.05, 0.1) is 10.0 Å². The summed E-state index contributed by atoms with van der Waals surface area (Å²) in [6.45, 7) is 3.15. The zero-order valence-corrected chi connectivity index (χ0v) is 13.6. The maximum Gasteiger partial charge on any atom is 0.0652 e. The van der Waals surface area contributed by atoms with E-state index >= 15 is 0 Å². The molecule has 1 N–H and O–H groups in total. The fraction of sp³-hybridized carbons (Fsp3) is 0.600. The molecule has 3 rings (SSSR count). The molecule has 2 aliphatic heterocycles. The highest BCUT2D eigenvalue weighted by atomic mass is 35.5. The standard InChI is InChI=1S/C15H19Cl3N2/c16-11-4-5-12(17)15(18)10(11)9-19-13-6-8-20-7-2-1-3-14(13)20/h4-5,13-14,19H,1-3,6-9H2. The van der Waals surface area contributed by atoms with Gasteiger partial charge in [-0.1, -0.05) is 41.2 Å². The van der Waals surface area contributed by atoms with Crippen LogP contribution in [-0.2, 0) is 6.54 Å². The Kier molecular flexibility index (Phi) is 4.79. The molecule has 0 spiro atoms. The second-order valence-electron chi connectivity index (χ2n) is 5.70. The molecule has 20 heavy (non-hydrogen) atoms. The minimum atomic E-state index is 0.543. The third-order valence-electron chi connectivity index (χ3n) is 4.54. The van der Waals surface area contributed by atoms with Crippen molar-refractivity contribution in [2.45, 2.75) is 44.3 Å². The summed E-state index contributed by atoms with van der Waals surface area (Å²) >= 11 is 18.6. The van der Waals surface area contributed by atoms with Crippen molar-refractivity contribution in [3.05, 3.63) is 32.8 Å². The van der Waals surface area contributed by atoms with Gasteiger partial charge in [0.2, 0.25) is 0 Å². The second kappa shape index (κ2) is 6.41. The Bertz CT molecular complexity index is 492. The molecule has 2 unspecified atom stereocenters. The van der Waals surface area contributed by atoms with Gasteiger partial charge in [0.15, 0.2) is 0 Å². The van der Waals surface area contributed by atoms with E-state index in [0.717, 1.165) is 5.56 Å². The third kappa shape index (κ3) is 2.95. The topological polar surface area (TPSA) is 15.3 Å². The minimum Gasteiger partial charge on any atom is -0.308 e. The number of nitrogens with zero attached hydrogens (tertiary/aromatic N) is 1. The maximum absolute atomic E-state index is 6.25. The lowest BCUT2D eigenvalue weighted by atomic mass is 9.99. The van der Waals surface area contributed by atoms with Gasteiger partial charge < -0.3 is 5.32 Å². The Morgan fingerprint density at radius 1 is 1.05 bits per heavy atom. The van der Waals surface area contributed by atoms with Crippen LogP contribution < -0.4 is 5.32 Å². The van der Waals surface area contributed by atoms with Gasteiger partial charge in [0.25, 0.3) is 0 Å². The summed E-state index contributed by atoms with van der Waals surface area (Å²) in [7, 11) is 0. The predicted molar refractivity (Wildman–Crippen MR) is 85.9 cm³/mol. The molecule has 0 aromatic heterocycles. The van der Waals surface area contributed by atoms with Gasteiger partial charge in [0.1, 0.15) is 0 Å². The van der Waals surface area contributed by atoms with E-state index in [0.29, 0.717) is 33.7 Å². The molecule has 2 fully saturated rings. The average molecular weight is 334 g/mol. The summed E-state index contributed by atoms with van der Waals surface area (Å²) in [6.07, 6.45) is 5.20. The Morgan fingerprint density at radius 3 is 2.70 bits per heavy atom. The maximum atomic E-state index is 6.25. The normalized spacial score (nSPS) is 26.8. The van der Waals surface area contributed by atoms with Crippen molar-refractivity contribution in [3.63, 3.8) is 0 Å². The second-order valence-corrected chi connectivity index (χ2v) is 6.89. The SMILES string of the molecule is Clc1ccc(Cl)c(CNC2CCN3CCCCC23)c1Cl. The van der Waals surface area contributed by atoms with E-state index in [4.69, 9.17) is 34.8 Å². The Morgan fingerprint density at radius 2 is 1.85 bits per heavy atom. The Balaban J connectivity index is 1.67. The number of benzene rings is 1. The average Bonchev–Trinajstić information content (AvgIpc) is 2.87. The molecule has 2 atom stereocenters. The van der Waals surface area contributed by atoms with Crippen LogP contribution in [0, 0.1) is 0 Å². The summed E-state index contributed by atoms with van der Waals surface area (Å²) in [5.41, 5.74) is 0.912. The summed E-state index contributed by atoms with van der Waals surface area (Å²) in [4.78, 5) is 2.61. The first kappa shape index (κ1) is 14.9. The number of halogens is 3. The highest BCUT2D eigenvalue weighted by Gasteiger charge is 2.35. The summed E-state index contributed by atoms with van der Waals surface area (Å²) in [5.74, 6) is 0. The molecule has 2 aliphatic rings. The van der Waals surface area contributed by atoms with Gasteiger partial charge in [-0.25, -0.2) is 0 Å². The lowest BCUT2D eigenvalue weighted by molar-refractivity contribution is 0.180. The molecular formula is C15H19Cl3N2. The van der Waals surface area contributed by atoms with E-state index < -0.39 is 0 Å². The third-order valence-corrected chi connectivity index (χ3v) is 5.73. The zero-order valence-electron chi connectivity index (χ0n) is 11.3. The van der Waals surface area contributed by atoms with E-state index in [1.54, 1.807) is 6.07 Å². The highest BCUT2D eigenvalue weighted by molar-refractivity contribution is 6.44. The van der Waals surface area contributed by atoms with Crippen molar-refractivity contribution < 1.29 is 0 Å². The van der Waals surface area contributed by atoms with Crippen molar-refractivity contribution in [1.29, 1.82) is 0 Å². The first-order chi connectivity index (χ1) is 9.66. The lowest BCUT2D eigenvalue weighted by Crippen LogP contribution is -2.44. The van der Waals surface area contributed by atoms with Crippen LogP contribution in [0.3, 0.4) is 0 Å². The number of hydrogen-bond donors (Lipinski definition) is 1. The van der Waals surface area contributed by atoms with Crippen LogP contribution in [-0.4, -0.2) is 30.1 Å². The summed E-state index contributed by atoms with van der Waals surface area (Å²) in [5, 5.41) is 5.46. The van der Waals surface area contributed by atoms with Crippen LogP contribution in [0.25, 0.3) is 0 Å². The van der Waals surface area contributed by atoms with E-state index in [1.807, 2.05) is 6.07 Å². The van der Waals surface area contributed by atoms with E-state index in [1.165, 1.54) is 38.8 Å². The van der Waals surface area contributed by atoms with Crippen LogP contribution in [0.2, 0.25) is 15.1 Å². The van der Waals surface area contributed by atoms with Crippen molar-refractivity contribution in [3.8, 4) is 0 Å². The summed E-state index contributed by atoms with van der Waals surface area (Å²) in [6, 6.07) is 4.78. The molecule has 110 valence electrons. The number of fused-ring (bicyclic) bond motifs is 1. The first-order valence-corrected chi connectivity index (χ1v) is 8.40. The molecule has 1 aromatic carbocycles. The van der Waals surface area contributed by atoms with Gasteiger partial charge in [-0.3, -0.25) is 4.90 Å². The highest BCUT2D eigenvalue weighted by Crippen LogP contribution is 2.32. The largest absolute Gasteiger partial charge is 0.308 e. The van der Waals surface area contributed by atoms with E-state index in [9.17, 15) is 0 Å². The Hall–Kier alpha value is 0.01000. The van der Waals surface area contributed by atoms with Crippen LogP contribution in [0.15, 0.2) is 12.1 Å². The van der Waals surface area contributed by atoms with Crippen molar-refractivity contribution >= 4 is 34.8 Å². The molecule has 0 radical (unpaired) electrons. The number of nitrogens with one attached hydrogen (secondary N) is 1. The van der Waals surface area contributed by atoms with Crippen molar-refractivity contribution in [2.75, 3.05) is 13.1 Å². The molecule has 2 nitrogen and oxygen atoms in total. The zero-order chi connectivity index (χ0) is 14.1. The Labute approximate surface area is 135 Å². The fourth-order valence-electron chi connectivity index (χ4n) is 3.45. The molecule has 5 heteroatoms. The lowest BCUT2D eigenvalue weighted by Gasteiger charge is -2.32. The molecule has 0 bridgehead atoms. The van der Waals surface area contributed by atoms with Gasteiger partial charge >= 0.3 is 0 Å². The van der Waals surface area contributed by atoms with Crippen LogP contribution in [0.1, 0.15) is 31.2 Å². The molecular weight excluding hydrogens is 315 g/mol. The summed E-state index contributed by atoms with van der Waals surface area (Å²) < 4.78 is 0. The quantitative estimate of drug-likeness (QED) is 0.827. The number of hydrogen-bond acceptors (Lipinski definition) is 2. The van der Waals surface area contributed by atoms with Crippen LogP contribution in [0.4, 0.5) is 0 Å². The van der Waals surface area contributed by atoms with Gasteiger partial charge in [-0.15, -0.1) is 0 Å². The molecule has 2 saturated heterocycles. The minimum absolute atomic E-state index is 0.543. The van der Waals surface area contributed by atoms with E-state index in [-0.39, 0.29) is 0 Å². The molecule has 0 amide bonds. The van der Waals surface area contributed by atoms with Gasteiger partial charge in [-0.2, -0.15) is 0 Å². The molecule has 1 aromatic rings.